The summed E-state index contributed by atoms with van der Waals surface area (Å²) in [6, 6.07) is 8.06. The second-order valence-electron chi connectivity index (χ2n) is 8.50. The summed E-state index contributed by atoms with van der Waals surface area (Å²) in [6.07, 6.45) is 7.64. The van der Waals surface area contributed by atoms with E-state index in [0.29, 0.717) is 12.5 Å². The predicted octanol–water partition coefficient (Wildman–Crippen LogP) is 4.00. The third kappa shape index (κ3) is 6.57. The summed E-state index contributed by atoms with van der Waals surface area (Å²) < 4.78 is 2.21. The number of aryl methyl sites for hydroxylation is 1. The Labute approximate surface area is 184 Å². The van der Waals surface area contributed by atoms with Gasteiger partial charge >= 0.3 is 0 Å². The minimum Gasteiger partial charge on any atom is -0.352 e. The van der Waals surface area contributed by atoms with Gasteiger partial charge in [-0.15, -0.1) is 10.2 Å². The molecule has 2 heterocycles. The van der Waals surface area contributed by atoms with E-state index in [9.17, 15) is 4.79 Å². The van der Waals surface area contributed by atoms with E-state index in [4.69, 9.17) is 0 Å². The van der Waals surface area contributed by atoms with Crippen molar-refractivity contribution >= 4 is 17.7 Å². The number of nitrogens with zero attached hydrogens (tertiary/aromatic N) is 4. The molecule has 1 aliphatic rings. The van der Waals surface area contributed by atoms with Gasteiger partial charge in [0.05, 0.1) is 0 Å². The van der Waals surface area contributed by atoms with Crippen molar-refractivity contribution in [2.45, 2.75) is 64.2 Å². The molecule has 0 radical (unpaired) electrons. The minimum atomic E-state index is -0.00651. The number of rotatable bonds is 10. The Balaban J connectivity index is 1.44. The van der Waals surface area contributed by atoms with Crippen molar-refractivity contribution in [1.82, 2.24) is 25.0 Å². The number of piperidine rings is 1. The summed E-state index contributed by atoms with van der Waals surface area (Å²) >= 11 is 1.63. The fourth-order valence-electron chi connectivity index (χ4n) is 3.89. The SMILES string of the molecule is CSc1nnc(CCCNC(=O)c2ccc(CN3CCCCC3)cc2)n1CC(C)C. The zero-order valence-corrected chi connectivity index (χ0v) is 19.4. The number of likely N-dealkylation sites (tertiary alicyclic amines) is 1. The zero-order valence-electron chi connectivity index (χ0n) is 18.6. The molecule has 0 spiro atoms. The van der Waals surface area contributed by atoms with Gasteiger partial charge in [0.15, 0.2) is 5.16 Å². The van der Waals surface area contributed by atoms with E-state index in [0.717, 1.165) is 42.5 Å². The van der Waals surface area contributed by atoms with Crippen molar-refractivity contribution in [2.75, 3.05) is 25.9 Å². The Bertz CT molecular complexity index is 796. The van der Waals surface area contributed by atoms with E-state index < -0.39 is 0 Å². The highest BCUT2D eigenvalue weighted by atomic mass is 32.2. The second-order valence-corrected chi connectivity index (χ2v) is 9.27. The first-order chi connectivity index (χ1) is 14.6. The van der Waals surface area contributed by atoms with Gasteiger partial charge in [-0.3, -0.25) is 9.69 Å². The maximum atomic E-state index is 12.5. The lowest BCUT2D eigenvalue weighted by atomic mass is 10.1. The minimum absolute atomic E-state index is 0.00651. The molecule has 0 saturated carbocycles. The van der Waals surface area contributed by atoms with E-state index in [-0.39, 0.29) is 5.91 Å². The third-order valence-electron chi connectivity index (χ3n) is 5.46. The fourth-order valence-corrected chi connectivity index (χ4v) is 4.41. The Morgan fingerprint density at radius 2 is 1.87 bits per heavy atom. The maximum absolute atomic E-state index is 12.5. The molecule has 0 aliphatic carbocycles. The largest absolute Gasteiger partial charge is 0.352 e. The van der Waals surface area contributed by atoms with Crippen molar-refractivity contribution in [3.05, 3.63) is 41.2 Å². The predicted molar refractivity (Wildman–Crippen MR) is 123 cm³/mol. The highest BCUT2D eigenvalue weighted by Crippen LogP contribution is 2.17. The summed E-state index contributed by atoms with van der Waals surface area (Å²) in [7, 11) is 0. The summed E-state index contributed by atoms with van der Waals surface area (Å²) in [6.45, 7) is 9.32. The van der Waals surface area contributed by atoms with Crippen molar-refractivity contribution in [2.24, 2.45) is 5.92 Å². The first-order valence-corrected chi connectivity index (χ1v) is 12.3. The number of carbonyl (C=O) groups is 1. The number of aromatic nitrogens is 3. The number of carbonyl (C=O) groups excluding carboxylic acids is 1. The van der Waals surface area contributed by atoms with E-state index >= 15 is 0 Å². The molecule has 1 N–H and O–H groups in total. The highest BCUT2D eigenvalue weighted by Gasteiger charge is 2.13. The summed E-state index contributed by atoms with van der Waals surface area (Å²) in [5, 5.41) is 12.6. The van der Waals surface area contributed by atoms with Crippen LogP contribution in [-0.4, -0.2) is 51.5 Å². The molecule has 1 aliphatic heterocycles. The van der Waals surface area contributed by atoms with Crippen LogP contribution in [0.2, 0.25) is 0 Å². The molecule has 30 heavy (non-hydrogen) atoms. The van der Waals surface area contributed by atoms with Crippen LogP contribution >= 0.6 is 11.8 Å². The number of benzene rings is 1. The molecule has 164 valence electrons. The summed E-state index contributed by atoms with van der Waals surface area (Å²) in [5.74, 6) is 1.54. The van der Waals surface area contributed by atoms with Crippen molar-refractivity contribution in [3.8, 4) is 0 Å². The van der Waals surface area contributed by atoms with Crippen LogP contribution in [0.15, 0.2) is 29.4 Å². The van der Waals surface area contributed by atoms with Gasteiger partial charge in [-0.05, 0) is 62.2 Å². The van der Waals surface area contributed by atoms with Crippen molar-refractivity contribution in [1.29, 1.82) is 0 Å². The smallest absolute Gasteiger partial charge is 0.251 e. The van der Waals surface area contributed by atoms with E-state index in [1.165, 1.54) is 37.9 Å². The molecule has 1 aromatic heterocycles. The van der Waals surface area contributed by atoms with Crippen LogP contribution in [0.5, 0.6) is 0 Å². The molecule has 3 rings (SSSR count). The van der Waals surface area contributed by atoms with Gasteiger partial charge < -0.3 is 9.88 Å². The molecule has 1 aromatic carbocycles. The lowest BCUT2D eigenvalue weighted by Crippen LogP contribution is -2.29. The molecule has 6 nitrogen and oxygen atoms in total. The van der Waals surface area contributed by atoms with Crippen molar-refractivity contribution < 1.29 is 4.79 Å². The van der Waals surface area contributed by atoms with Gasteiger partial charge in [0.1, 0.15) is 5.82 Å². The monoisotopic (exact) mass is 429 g/mol. The number of hydrogen-bond donors (Lipinski definition) is 1. The Hall–Kier alpha value is -1.86. The van der Waals surface area contributed by atoms with Crippen LogP contribution < -0.4 is 5.32 Å². The van der Waals surface area contributed by atoms with Crippen LogP contribution in [0.1, 0.15) is 61.3 Å². The van der Waals surface area contributed by atoms with Crippen LogP contribution in [0.25, 0.3) is 0 Å². The van der Waals surface area contributed by atoms with E-state index in [1.807, 2.05) is 18.4 Å². The number of amides is 1. The molecule has 1 fully saturated rings. The van der Waals surface area contributed by atoms with Gasteiger partial charge in [-0.1, -0.05) is 44.2 Å². The molecule has 2 aromatic rings. The van der Waals surface area contributed by atoms with E-state index in [1.54, 1.807) is 11.8 Å². The Morgan fingerprint density at radius 1 is 1.13 bits per heavy atom. The topological polar surface area (TPSA) is 63.1 Å². The molecular weight excluding hydrogens is 394 g/mol. The molecule has 0 bridgehead atoms. The normalized spacial score (nSPS) is 14.9. The average Bonchev–Trinajstić information content (AvgIpc) is 3.13. The number of nitrogens with one attached hydrogen (secondary N) is 1. The fraction of sp³-hybridized carbons (Fsp3) is 0.609. The first kappa shape index (κ1) is 22.8. The van der Waals surface area contributed by atoms with Gasteiger partial charge in [-0.25, -0.2) is 0 Å². The number of thioether (sulfide) groups is 1. The Kier molecular flexibility index (Phi) is 8.75. The third-order valence-corrected chi connectivity index (χ3v) is 6.12. The molecule has 7 heteroatoms. The average molecular weight is 430 g/mol. The first-order valence-electron chi connectivity index (χ1n) is 11.1. The molecular formula is C23H35N5OS. The number of hydrogen-bond acceptors (Lipinski definition) is 5. The maximum Gasteiger partial charge on any atom is 0.251 e. The van der Waals surface area contributed by atoms with Gasteiger partial charge in [0.2, 0.25) is 0 Å². The van der Waals surface area contributed by atoms with Gasteiger partial charge in [0, 0.05) is 31.6 Å². The second kappa shape index (κ2) is 11.5. The van der Waals surface area contributed by atoms with Gasteiger partial charge in [-0.2, -0.15) is 0 Å². The van der Waals surface area contributed by atoms with Crippen LogP contribution in [-0.2, 0) is 19.5 Å². The van der Waals surface area contributed by atoms with Crippen LogP contribution in [0.4, 0.5) is 0 Å². The Morgan fingerprint density at radius 3 is 2.53 bits per heavy atom. The molecule has 0 atom stereocenters. The summed E-state index contributed by atoms with van der Waals surface area (Å²) in [4.78, 5) is 15.0. The summed E-state index contributed by atoms with van der Waals surface area (Å²) in [5.41, 5.74) is 2.01. The molecule has 1 amide bonds. The quantitative estimate of drug-likeness (QED) is 0.457. The highest BCUT2D eigenvalue weighted by molar-refractivity contribution is 7.98. The molecule has 1 saturated heterocycles. The van der Waals surface area contributed by atoms with Crippen LogP contribution in [0.3, 0.4) is 0 Å². The van der Waals surface area contributed by atoms with Crippen molar-refractivity contribution in [3.63, 3.8) is 0 Å². The lowest BCUT2D eigenvalue weighted by molar-refractivity contribution is 0.0953. The standard InChI is InChI=1S/C23H35N5OS/c1-18(2)16-28-21(25-26-23(28)30-3)8-7-13-24-22(29)20-11-9-19(10-12-20)17-27-14-5-4-6-15-27/h9-12,18H,4-8,13-17H2,1-3H3,(H,24,29). The lowest BCUT2D eigenvalue weighted by Gasteiger charge is -2.26. The van der Waals surface area contributed by atoms with Gasteiger partial charge in [0.25, 0.3) is 5.91 Å². The van der Waals surface area contributed by atoms with Crippen LogP contribution in [0, 0.1) is 5.92 Å². The zero-order chi connectivity index (χ0) is 21.3. The van der Waals surface area contributed by atoms with E-state index in [2.05, 4.69) is 51.0 Å². The molecule has 0 unspecified atom stereocenters.